The molecule has 3 N–H and O–H groups in total. The Bertz CT molecular complexity index is 920. The molecule has 0 bridgehead atoms. The van der Waals surface area contributed by atoms with E-state index in [-0.39, 0.29) is 5.92 Å². The average molecular weight is 380 g/mol. The van der Waals surface area contributed by atoms with Crippen molar-refractivity contribution in [1.29, 1.82) is 0 Å². The monoisotopic (exact) mass is 380 g/mol. The molecule has 5 nitrogen and oxygen atoms in total. The Morgan fingerprint density at radius 3 is 2.54 bits per heavy atom. The summed E-state index contributed by atoms with van der Waals surface area (Å²) in [5.74, 6) is -0.863. The van der Waals surface area contributed by atoms with E-state index >= 15 is 0 Å². The summed E-state index contributed by atoms with van der Waals surface area (Å²) >= 11 is 0. The van der Waals surface area contributed by atoms with Gasteiger partial charge in [0.1, 0.15) is 0 Å². The summed E-state index contributed by atoms with van der Waals surface area (Å²) in [6.07, 6.45) is 2.69. The van der Waals surface area contributed by atoms with E-state index in [0.29, 0.717) is 5.56 Å². The fourth-order valence-corrected chi connectivity index (χ4v) is 3.64. The molecule has 0 aliphatic carbocycles. The van der Waals surface area contributed by atoms with Crippen molar-refractivity contribution < 1.29 is 14.6 Å². The molecule has 3 unspecified atom stereocenters. The number of benzene rings is 2. The highest BCUT2D eigenvalue weighted by molar-refractivity contribution is 5.84. The molecule has 2 aromatic carbocycles. The molecular weight excluding hydrogens is 352 g/mol. The minimum absolute atomic E-state index is 0.141. The van der Waals surface area contributed by atoms with Gasteiger partial charge in [-0.1, -0.05) is 68.3 Å². The molecule has 0 fully saturated rings. The topological polar surface area (TPSA) is 77.5 Å². The van der Waals surface area contributed by atoms with E-state index < -0.39 is 18.3 Å². The van der Waals surface area contributed by atoms with Gasteiger partial charge in [-0.25, -0.2) is 4.79 Å². The highest BCUT2D eigenvalue weighted by Gasteiger charge is 2.29. The van der Waals surface area contributed by atoms with Crippen LogP contribution in [0.5, 0.6) is 0 Å². The number of nitrogens with zero attached hydrogens (tertiary/aromatic N) is 1. The molecule has 1 aromatic heterocycles. The first kappa shape index (κ1) is 20.1. The number of aryl methyl sites for hydroxylation is 1. The molecule has 1 heterocycles. The second-order valence-electron chi connectivity index (χ2n) is 7.18. The van der Waals surface area contributed by atoms with Gasteiger partial charge in [-0.2, -0.15) is 0 Å². The molecular formula is C23H28N2O3. The van der Waals surface area contributed by atoms with Crippen LogP contribution in [0.15, 0.2) is 60.8 Å². The second-order valence-corrected chi connectivity index (χ2v) is 7.18. The van der Waals surface area contributed by atoms with Gasteiger partial charge in [-0.05, 0) is 23.6 Å². The number of aromatic nitrogens is 1. The van der Waals surface area contributed by atoms with E-state index in [4.69, 9.17) is 10.5 Å². The van der Waals surface area contributed by atoms with E-state index in [1.54, 1.807) is 24.3 Å². The van der Waals surface area contributed by atoms with Crippen LogP contribution < -0.4 is 5.73 Å². The predicted molar refractivity (Wildman–Crippen MR) is 111 cm³/mol. The Morgan fingerprint density at radius 1 is 1.14 bits per heavy atom. The van der Waals surface area contributed by atoms with Gasteiger partial charge in [-0.3, -0.25) is 5.73 Å². The number of aliphatic hydroxyl groups is 1. The Kier molecular flexibility index (Phi) is 6.49. The molecule has 3 aromatic rings. The quantitative estimate of drug-likeness (QED) is 0.457. The lowest BCUT2D eigenvalue weighted by Gasteiger charge is -2.25. The van der Waals surface area contributed by atoms with E-state index in [1.165, 1.54) is 0 Å². The Hall–Kier alpha value is -2.63. The third-order valence-electron chi connectivity index (χ3n) is 5.18. The minimum atomic E-state index is -1.34. The van der Waals surface area contributed by atoms with Crippen molar-refractivity contribution in [2.75, 3.05) is 0 Å². The molecule has 3 atom stereocenters. The lowest BCUT2D eigenvalue weighted by atomic mass is 9.91. The van der Waals surface area contributed by atoms with Crippen LogP contribution >= 0.6 is 0 Å². The van der Waals surface area contributed by atoms with Crippen LogP contribution in [0.1, 0.15) is 49.3 Å². The number of para-hydroxylation sites is 1. The van der Waals surface area contributed by atoms with Crippen molar-refractivity contribution in [2.24, 2.45) is 12.8 Å². The molecule has 0 saturated carbocycles. The SMILES string of the molecule is CCCCC(c1cn(C)c2ccccc12)C(N)OC(=O)C(O)c1ccccc1. The molecule has 0 amide bonds. The lowest BCUT2D eigenvalue weighted by molar-refractivity contribution is -0.160. The third-order valence-corrected chi connectivity index (χ3v) is 5.18. The number of nitrogens with two attached hydrogens (primary N) is 1. The van der Waals surface area contributed by atoms with Crippen LogP contribution in [0.25, 0.3) is 10.9 Å². The summed E-state index contributed by atoms with van der Waals surface area (Å²) in [6.45, 7) is 2.12. The molecule has 28 heavy (non-hydrogen) atoms. The summed E-state index contributed by atoms with van der Waals surface area (Å²) in [4.78, 5) is 12.5. The Labute approximate surface area is 165 Å². The maximum Gasteiger partial charge on any atom is 0.341 e. The van der Waals surface area contributed by atoms with Crippen LogP contribution in [0, 0.1) is 0 Å². The number of carbonyl (C=O) groups is 1. The van der Waals surface area contributed by atoms with Gasteiger partial charge >= 0.3 is 5.97 Å². The normalized spacial score (nSPS) is 14.6. The number of ether oxygens (including phenoxy) is 1. The number of rotatable bonds is 8. The van der Waals surface area contributed by atoms with Gasteiger partial charge in [0.25, 0.3) is 0 Å². The maximum atomic E-state index is 12.5. The number of fused-ring (bicyclic) bond motifs is 1. The average Bonchev–Trinajstić information content (AvgIpc) is 3.05. The lowest BCUT2D eigenvalue weighted by Crippen LogP contribution is -2.35. The Balaban J connectivity index is 1.83. The van der Waals surface area contributed by atoms with Gasteiger partial charge < -0.3 is 14.4 Å². The zero-order chi connectivity index (χ0) is 20.1. The molecule has 0 aliphatic heterocycles. The van der Waals surface area contributed by atoms with Crippen molar-refractivity contribution in [3.05, 3.63) is 71.9 Å². The highest BCUT2D eigenvalue weighted by Crippen LogP contribution is 2.33. The number of hydrogen-bond acceptors (Lipinski definition) is 4. The van der Waals surface area contributed by atoms with Crippen LogP contribution in [0.4, 0.5) is 0 Å². The standard InChI is InChI=1S/C23H28N2O3/c1-3-4-12-18(19-15-25(2)20-14-9-8-13-17(19)20)22(24)28-23(27)21(26)16-10-6-5-7-11-16/h5-11,13-15,18,21-22,26H,3-4,12,24H2,1-2H3. The zero-order valence-electron chi connectivity index (χ0n) is 16.4. The van der Waals surface area contributed by atoms with Crippen molar-refractivity contribution in [2.45, 2.75) is 44.4 Å². The molecule has 148 valence electrons. The van der Waals surface area contributed by atoms with Crippen LogP contribution in [-0.2, 0) is 16.6 Å². The first-order chi connectivity index (χ1) is 13.5. The van der Waals surface area contributed by atoms with Crippen molar-refractivity contribution >= 4 is 16.9 Å². The van der Waals surface area contributed by atoms with Crippen molar-refractivity contribution in [3.8, 4) is 0 Å². The first-order valence-electron chi connectivity index (χ1n) is 9.76. The molecule has 0 radical (unpaired) electrons. The smallest absolute Gasteiger partial charge is 0.341 e. The molecule has 5 heteroatoms. The summed E-state index contributed by atoms with van der Waals surface area (Å²) in [6, 6.07) is 16.9. The van der Waals surface area contributed by atoms with Crippen LogP contribution in [0.2, 0.25) is 0 Å². The molecule has 0 saturated heterocycles. The van der Waals surface area contributed by atoms with Crippen molar-refractivity contribution in [1.82, 2.24) is 4.57 Å². The van der Waals surface area contributed by atoms with Gasteiger partial charge in [-0.15, -0.1) is 0 Å². The zero-order valence-corrected chi connectivity index (χ0v) is 16.4. The number of esters is 1. The van der Waals surface area contributed by atoms with E-state index in [0.717, 1.165) is 35.7 Å². The number of hydrogen-bond donors (Lipinski definition) is 2. The van der Waals surface area contributed by atoms with Gasteiger partial charge in [0.05, 0.1) is 0 Å². The van der Waals surface area contributed by atoms with Crippen LogP contribution in [0.3, 0.4) is 0 Å². The number of unbranched alkanes of at least 4 members (excludes halogenated alkanes) is 1. The van der Waals surface area contributed by atoms with Crippen LogP contribution in [-0.4, -0.2) is 21.9 Å². The highest BCUT2D eigenvalue weighted by atomic mass is 16.6. The summed E-state index contributed by atoms with van der Waals surface area (Å²) in [7, 11) is 2.00. The molecule has 3 rings (SSSR count). The minimum Gasteiger partial charge on any atom is -0.444 e. The summed E-state index contributed by atoms with van der Waals surface area (Å²) < 4.78 is 7.58. The van der Waals surface area contributed by atoms with Gasteiger partial charge in [0.2, 0.25) is 0 Å². The number of aliphatic hydroxyl groups excluding tert-OH is 1. The van der Waals surface area contributed by atoms with Gasteiger partial charge in [0.15, 0.2) is 12.3 Å². The van der Waals surface area contributed by atoms with Crippen molar-refractivity contribution in [3.63, 3.8) is 0 Å². The Morgan fingerprint density at radius 2 is 1.82 bits per heavy atom. The first-order valence-corrected chi connectivity index (χ1v) is 9.76. The third kappa shape index (κ3) is 4.26. The van der Waals surface area contributed by atoms with E-state index in [9.17, 15) is 9.90 Å². The van der Waals surface area contributed by atoms with Gasteiger partial charge in [0, 0.05) is 30.1 Å². The maximum absolute atomic E-state index is 12.5. The van der Waals surface area contributed by atoms with E-state index in [2.05, 4.69) is 29.8 Å². The summed E-state index contributed by atoms with van der Waals surface area (Å²) in [5, 5.41) is 11.4. The second kappa shape index (κ2) is 9.04. The molecule has 0 aliphatic rings. The fourth-order valence-electron chi connectivity index (χ4n) is 3.64. The van der Waals surface area contributed by atoms with E-state index in [1.807, 2.05) is 25.2 Å². The molecule has 0 spiro atoms. The fraction of sp³-hybridized carbons (Fsp3) is 0.348. The largest absolute Gasteiger partial charge is 0.444 e. The predicted octanol–water partition coefficient (Wildman–Crippen LogP) is 4.01. The summed E-state index contributed by atoms with van der Waals surface area (Å²) in [5.41, 5.74) is 9.02. The number of carbonyl (C=O) groups excluding carboxylic acids is 1.